The molecule has 0 atom stereocenters. The van der Waals surface area contributed by atoms with E-state index in [1.165, 1.54) is 11.4 Å². The number of aliphatic hydroxyl groups excluding tert-OH is 1. The van der Waals surface area contributed by atoms with E-state index in [1.807, 2.05) is 6.92 Å². The first-order valence-electron chi connectivity index (χ1n) is 10.5. The molecule has 0 spiro atoms. The molecule has 1 aromatic carbocycles. The van der Waals surface area contributed by atoms with Crippen LogP contribution < -0.4 is 0 Å². The number of alkyl halides is 3. The summed E-state index contributed by atoms with van der Waals surface area (Å²) < 4.78 is 64.8. The van der Waals surface area contributed by atoms with Crippen LogP contribution in [0.25, 0.3) is 0 Å². The molecule has 0 aliphatic heterocycles. The minimum Gasteiger partial charge on any atom is -0.395 e. The van der Waals surface area contributed by atoms with Crippen molar-refractivity contribution in [1.82, 2.24) is 9.21 Å². The average Bonchev–Trinajstić information content (AvgIpc) is 2.73. The van der Waals surface area contributed by atoms with Crippen LogP contribution in [-0.4, -0.2) is 62.6 Å². The first-order valence-corrected chi connectivity index (χ1v) is 12.0. The van der Waals surface area contributed by atoms with E-state index in [1.54, 1.807) is 0 Å². The average molecular weight is 461 g/mol. The number of likely N-dealkylation sites (N-methyl/N-ethyl adjacent to an activating group) is 1. The van der Waals surface area contributed by atoms with Crippen LogP contribution in [-0.2, 0) is 16.2 Å². The summed E-state index contributed by atoms with van der Waals surface area (Å²) in [6, 6.07) is 3.62. The van der Waals surface area contributed by atoms with Crippen LogP contribution in [0, 0.1) is 23.7 Å². The highest BCUT2D eigenvalue weighted by atomic mass is 32.2. The minimum atomic E-state index is -4.50. The molecular formula is C22H31F3N2O3S. The predicted octanol–water partition coefficient (Wildman–Crippen LogP) is 3.45. The van der Waals surface area contributed by atoms with Crippen LogP contribution in [0.1, 0.15) is 38.2 Å². The first-order chi connectivity index (χ1) is 14.6. The number of aliphatic hydroxyl groups is 1. The van der Waals surface area contributed by atoms with E-state index in [-0.39, 0.29) is 17.4 Å². The lowest BCUT2D eigenvalue weighted by Crippen LogP contribution is -2.33. The third-order valence-corrected chi connectivity index (χ3v) is 7.56. The molecule has 1 saturated carbocycles. The minimum absolute atomic E-state index is 0.115. The Morgan fingerprint density at radius 3 is 2.26 bits per heavy atom. The van der Waals surface area contributed by atoms with Gasteiger partial charge in [-0.1, -0.05) is 18.8 Å². The monoisotopic (exact) mass is 460 g/mol. The maximum Gasteiger partial charge on any atom is 0.416 e. The molecule has 1 fully saturated rings. The smallest absolute Gasteiger partial charge is 0.395 e. The second kappa shape index (κ2) is 11.3. The van der Waals surface area contributed by atoms with E-state index in [0.29, 0.717) is 25.6 Å². The highest BCUT2D eigenvalue weighted by molar-refractivity contribution is 7.89. The van der Waals surface area contributed by atoms with Gasteiger partial charge in [0, 0.05) is 26.1 Å². The molecule has 9 heteroatoms. The van der Waals surface area contributed by atoms with Gasteiger partial charge in [-0.15, -0.1) is 0 Å². The third kappa shape index (κ3) is 7.49. The summed E-state index contributed by atoms with van der Waals surface area (Å²) in [5, 5.41) is 9.01. The molecule has 174 valence electrons. The maximum absolute atomic E-state index is 12.7. The number of rotatable bonds is 8. The summed E-state index contributed by atoms with van der Waals surface area (Å²) in [4.78, 5) is 1.94. The Kier molecular flexibility index (Phi) is 9.37. The molecule has 0 heterocycles. The van der Waals surface area contributed by atoms with Crippen molar-refractivity contribution in [3.05, 3.63) is 29.8 Å². The normalized spacial score (nSPS) is 20.0. The number of hydrogen-bond donors (Lipinski definition) is 1. The Balaban J connectivity index is 1.87. The Morgan fingerprint density at radius 2 is 1.74 bits per heavy atom. The predicted molar refractivity (Wildman–Crippen MR) is 114 cm³/mol. The second-order valence-corrected chi connectivity index (χ2v) is 9.98. The van der Waals surface area contributed by atoms with Gasteiger partial charge in [0.25, 0.3) is 0 Å². The fourth-order valence-electron chi connectivity index (χ4n) is 3.74. The van der Waals surface area contributed by atoms with Crippen molar-refractivity contribution >= 4 is 10.0 Å². The van der Waals surface area contributed by atoms with Gasteiger partial charge >= 0.3 is 6.18 Å². The molecule has 0 unspecified atom stereocenters. The third-order valence-electron chi connectivity index (χ3n) is 5.72. The van der Waals surface area contributed by atoms with E-state index >= 15 is 0 Å². The molecule has 1 N–H and O–H groups in total. The Bertz CT molecular complexity index is 853. The topological polar surface area (TPSA) is 60.9 Å². The SMILES string of the molecule is CCN(CC#CC1CCC(CN(C)S(=O)(=O)c2ccc(C(F)(F)F)cc2)CC1)CCO. The zero-order valence-corrected chi connectivity index (χ0v) is 18.8. The van der Waals surface area contributed by atoms with Crippen molar-refractivity contribution < 1.29 is 26.7 Å². The van der Waals surface area contributed by atoms with Crippen LogP contribution in [0.3, 0.4) is 0 Å². The Hall–Kier alpha value is -1.60. The van der Waals surface area contributed by atoms with E-state index in [2.05, 4.69) is 16.7 Å². The van der Waals surface area contributed by atoms with Gasteiger partial charge in [0.1, 0.15) is 0 Å². The summed E-state index contributed by atoms with van der Waals surface area (Å²) in [6.07, 6.45) is -0.972. The van der Waals surface area contributed by atoms with Crippen LogP contribution in [0.5, 0.6) is 0 Å². The molecule has 0 radical (unpaired) electrons. The summed E-state index contributed by atoms with van der Waals surface area (Å²) in [6.45, 7) is 4.55. The molecule has 1 aliphatic carbocycles. The molecule has 1 aliphatic rings. The van der Waals surface area contributed by atoms with Crippen LogP contribution >= 0.6 is 0 Å². The number of benzene rings is 1. The van der Waals surface area contributed by atoms with E-state index in [9.17, 15) is 21.6 Å². The summed E-state index contributed by atoms with van der Waals surface area (Å²) in [5.74, 6) is 6.98. The van der Waals surface area contributed by atoms with Gasteiger partial charge in [0.15, 0.2) is 0 Å². The zero-order valence-electron chi connectivity index (χ0n) is 18.0. The standard InChI is InChI=1S/C22H31F3N2O3S/c1-3-27(15-16-28)14-4-5-18-6-8-19(9-7-18)17-26(2)31(29,30)21-12-10-20(11-13-21)22(23,24)25/h10-13,18-19,28H,3,6-9,14-17H2,1-2H3. The van der Waals surface area contributed by atoms with E-state index in [4.69, 9.17) is 5.11 Å². The molecule has 31 heavy (non-hydrogen) atoms. The molecule has 0 amide bonds. The quantitative estimate of drug-likeness (QED) is 0.604. The zero-order chi connectivity index (χ0) is 23.1. The maximum atomic E-state index is 12.7. The fourth-order valence-corrected chi connectivity index (χ4v) is 4.99. The summed E-state index contributed by atoms with van der Waals surface area (Å²) in [7, 11) is -2.36. The van der Waals surface area contributed by atoms with E-state index < -0.39 is 21.8 Å². The number of hydrogen-bond acceptors (Lipinski definition) is 4. The molecule has 5 nitrogen and oxygen atoms in total. The van der Waals surface area contributed by atoms with Crippen LogP contribution in [0.15, 0.2) is 29.2 Å². The lowest BCUT2D eigenvalue weighted by molar-refractivity contribution is -0.137. The molecule has 0 aromatic heterocycles. The van der Waals surface area contributed by atoms with Crippen LogP contribution in [0.2, 0.25) is 0 Å². The van der Waals surface area contributed by atoms with Crippen molar-refractivity contribution in [3.63, 3.8) is 0 Å². The Labute approximate surface area is 183 Å². The molecule has 0 bridgehead atoms. The van der Waals surface area contributed by atoms with E-state index in [0.717, 1.165) is 56.5 Å². The van der Waals surface area contributed by atoms with Crippen molar-refractivity contribution in [3.8, 4) is 11.8 Å². The highest BCUT2D eigenvalue weighted by Crippen LogP contribution is 2.32. The van der Waals surface area contributed by atoms with Gasteiger partial charge < -0.3 is 5.11 Å². The number of halogens is 3. The van der Waals surface area contributed by atoms with Crippen molar-refractivity contribution in [2.24, 2.45) is 11.8 Å². The first kappa shape index (κ1) is 25.7. The van der Waals surface area contributed by atoms with Gasteiger partial charge in [-0.25, -0.2) is 12.7 Å². The van der Waals surface area contributed by atoms with Gasteiger partial charge in [-0.2, -0.15) is 13.2 Å². The number of sulfonamides is 1. The lowest BCUT2D eigenvalue weighted by Gasteiger charge is -2.29. The van der Waals surface area contributed by atoms with Gasteiger partial charge in [-0.3, -0.25) is 4.90 Å². The van der Waals surface area contributed by atoms with Gasteiger partial charge in [-0.05, 0) is 62.4 Å². The molecule has 2 rings (SSSR count). The Morgan fingerprint density at radius 1 is 1.13 bits per heavy atom. The van der Waals surface area contributed by atoms with Crippen molar-refractivity contribution in [2.45, 2.75) is 43.7 Å². The largest absolute Gasteiger partial charge is 0.416 e. The highest BCUT2D eigenvalue weighted by Gasteiger charge is 2.31. The van der Waals surface area contributed by atoms with Gasteiger partial charge in [0.05, 0.1) is 23.6 Å². The summed E-state index contributed by atoms with van der Waals surface area (Å²) >= 11 is 0. The van der Waals surface area contributed by atoms with Crippen molar-refractivity contribution in [2.75, 3.05) is 39.8 Å². The molecule has 1 aromatic rings. The second-order valence-electron chi connectivity index (χ2n) is 7.94. The lowest BCUT2D eigenvalue weighted by atomic mass is 9.82. The molecule has 0 saturated heterocycles. The molecular weight excluding hydrogens is 429 g/mol. The summed E-state index contributed by atoms with van der Waals surface area (Å²) in [5.41, 5.74) is -0.869. The van der Waals surface area contributed by atoms with Crippen molar-refractivity contribution in [1.29, 1.82) is 0 Å². The van der Waals surface area contributed by atoms with Gasteiger partial charge in [0.2, 0.25) is 10.0 Å². The van der Waals surface area contributed by atoms with Crippen LogP contribution in [0.4, 0.5) is 13.2 Å². The fraction of sp³-hybridized carbons (Fsp3) is 0.636. The number of nitrogens with zero attached hydrogens (tertiary/aromatic N) is 2.